The second kappa shape index (κ2) is 6.09. The standard InChI is InChI=1S/C14H22N4S/c1-11(9-15-12-6-7-12)10-19-14-17-16-13-5-3-2-4-8-18(13)14/h12,15H,1-10H2. The van der Waals surface area contributed by atoms with Crippen molar-refractivity contribution in [2.75, 3.05) is 12.3 Å². The third kappa shape index (κ3) is 3.60. The maximum Gasteiger partial charge on any atom is 0.191 e. The molecule has 1 N–H and O–H groups in total. The molecule has 3 rings (SSSR count). The molecule has 0 atom stereocenters. The van der Waals surface area contributed by atoms with Crippen LogP contribution < -0.4 is 5.32 Å². The van der Waals surface area contributed by atoms with Crippen LogP contribution in [-0.4, -0.2) is 33.1 Å². The van der Waals surface area contributed by atoms with Gasteiger partial charge in [-0.1, -0.05) is 30.3 Å². The highest BCUT2D eigenvalue weighted by molar-refractivity contribution is 7.99. The van der Waals surface area contributed by atoms with Gasteiger partial charge in [-0.15, -0.1) is 10.2 Å². The molecule has 1 aromatic rings. The number of thioether (sulfide) groups is 1. The van der Waals surface area contributed by atoms with Gasteiger partial charge in [-0.2, -0.15) is 0 Å². The summed E-state index contributed by atoms with van der Waals surface area (Å²) in [5.41, 5.74) is 1.25. The molecule has 0 spiro atoms. The predicted molar refractivity (Wildman–Crippen MR) is 78.5 cm³/mol. The van der Waals surface area contributed by atoms with E-state index in [1.165, 1.54) is 43.5 Å². The van der Waals surface area contributed by atoms with Crippen LogP contribution in [0, 0.1) is 0 Å². The lowest BCUT2D eigenvalue weighted by molar-refractivity contribution is 0.591. The number of hydrogen-bond donors (Lipinski definition) is 1. The Bertz CT molecular complexity index is 450. The second-order valence-corrected chi connectivity index (χ2v) is 6.50. The minimum absolute atomic E-state index is 0.756. The van der Waals surface area contributed by atoms with Crippen molar-refractivity contribution in [1.82, 2.24) is 20.1 Å². The van der Waals surface area contributed by atoms with Gasteiger partial charge in [0, 0.05) is 31.3 Å². The van der Waals surface area contributed by atoms with E-state index in [4.69, 9.17) is 0 Å². The van der Waals surface area contributed by atoms with Crippen molar-refractivity contribution in [3.05, 3.63) is 18.0 Å². The summed E-state index contributed by atoms with van der Waals surface area (Å²) in [5.74, 6) is 2.11. The topological polar surface area (TPSA) is 42.7 Å². The molecule has 104 valence electrons. The van der Waals surface area contributed by atoms with Crippen LogP contribution in [0.4, 0.5) is 0 Å². The Hall–Kier alpha value is -0.810. The van der Waals surface area contributed by atoms with Gasteiger partial charge in [-0.3, -0.25) is 0 Å². The fraction of sp³-hybridized carbons (Fsp3) is 0.714. The SMILES string of the molecule is C=C(CNC1CC1)CSc1nnc2n1CCCCC2. The third-order valence-electron chi connectivity index (χ3n) is 3.70. The van der Waals surface area contributed by atoms with Gasteiger partial charge in [0.05, 0.1) is 0 Å². The lowest BCUT2D eigenvalue weighted by atomic mass is 10.2. The summed E-state index contributed by atoms with van der Waals surface area (Å²) < 4.78 is 2.30. The summed E-state index contributed by atoms with van der Waals surface area (Å²) in [7, 11) is 0. The largest absolute Gasteiger partial charge is 0.310 e. The molecular weight excluding hydrogens is 256 g/mol. The maximum atomic E-state index is 4.33. The lowest BCUT2D eigenvalue weighted by Crippen LogP contribution is -2.19. The molecule has 1 aliphatic heterocycles. The van der Waals surface area contributed by atoms with Gasteiger partial charge in [0.25, 0.3) is 0 Å². The fourth-order valence-electron chi connectivity index (χ4n) is 2.36. The summed E-state index contributed by atoms with van der Waals surface area (Å²) in [6, 6.07) is 0.756. The number of nitrogens with zero attached hydrogens (tertiary/aromatic N) is 3. The highest BCUT2D eigenvalue weighted by Crippen LogP contribution is 2.23. The van der Waals surface area contributed by atoms with Crippen LogP contribution in [0.5, 0.6) is 0 Å². The molecule has 5 heteroatoms. The molecule has 1 fully saturated rings. The van der Waals surface area contributed by atoms with E-state index in [0.717, 1.165) is 36.5 Å². The van der Waals surface area contributed by atoms with E-state index in [1.54, 1.807) is 11.8 Å². The van der Waals surface area contributed by atoms with E-state index < -0.39 is 0 Å². The summed E-state index contributed by atoms with van der Waals surface area (Å²) in [4.78, 5) is 0. The number of hydrogen-bond acceptors (Lipinski definition) is 4. The molecular formula is C14H22N4S. The average molecular weight is 278 g/mol. The lowest BCUT2D eigenvalue weighted by Gasteiger charge is -2.08. The van der Waals surface area contributed by atoms with E-state index in [1.807, 2.05) is 0 Å². The van der Waals surface area contributed by atoms with Crippen LogP contribution in [0.15, 0.2) is 17.3 Å². The van der Waals surface area contributed by atoms with Gasteiger partial charge >= 0.3 is 0 Å². The van der Waals surface area contributed by atoms with Gasteiger partial charge in [-0.25, -0.2) is 0 Å². The summed E-state index contributed by atoms with van der Waals surface area (Å²) in [6.07, 6.45) is 7.56. The number of rotatable bonds is 6. The van der Waals surface area contributed by atoms with Crippen LogP contribution in [0.3, 0.4) is 0 Å². The van der Waals surface area contributed by atoms with Crippen molar-refractivity contribution < 1.29 is 0 Å². The highest BCUT2D eigenvalue weighted by atomic mass is 32.2. The molecule has 0 amide bonds. The Balaban J connectivity index is 1.51. The van der Waals surface area contributed by atoms with E-state index in [-0.39, 0.29) is 0 Å². The first-order valence-corrected chi connectivity index (χ1v) is 8.26. The quantitative estimate of drug-likeness (QED) is 0.641. The molecule has 4 nitrogen and oxygen atoms in total. The molecule has 2 aliphatic rings. The van der Waals surface area contributed by atoms with Crippen molar-refractivity contribution in [2.45, 2.75) is 56.3 Å². The molecule has 0 saturated heterocycles. The zero-order chi connectivity index (χ0) is 13.1. The average Bonchev–Trinajstić information content (AvgIpc) is 3.20. The van der Waals surface area contributed by atoms with Crippen molar-refractivity contribution in [3.8, 4) is 0 Å². The molecule has 1 saturated carbocycles. The second-order valence-electron chi connectivity index (χ2n) is 5.55. The Labute approximate surface area is 119 Å². The van der Waals surface area contributed by atoms with Gasteiger partial charge in [0.2, 0.25) is 0 Å². The van der Waals surface area contributed by atoms with Crippen LogP contribution in [0.2, 0.25) is 0 Å². The summed E-state index contributed by atoms with van der Waals surface area (Å²) in [6.45, 7) is 6.17. The monoisotopic (exact) mass is 278 g/mol. The fourth-order valence-corrected chi connectivity index (χ4v) is 3.25. The molecule has 0 bridgehead atoms. The Morgan fingerprint density at radius 2 is 2.21 bits per heavy atom. The Kier molecular flexibility index (Phi) is 4.23. The molecule has 0 radical (unpaired) electrons. The van der Waals surface area contributed by atoms with Gasteiger partial charge in [-0.05, 0) is 25.7 Å². The number of aryl methyl sites for hydroxylation is 1. The zero-order valence-corrected chi connectivity index (χ0v) is 12.2. The Morgan fingerprint density at radius 1 is 1.32 bits per heavy atom. The first kappa shape index (κ1) is 13.2. The normalized spacial score (nSPS) is 18.9. The highest BCUT2D eigenvalue weighted by Gasteiger charge is 2.20. The molecule has 0 aromatic carbocycles. The molecule has 19 heavy (non-hydrogen) atoms. The van der Waals surface area contributed by atoms with Crippen LogP contribution >= 0.6 is 11.8 Å². The van der Waals surface area contributed by atoms with Crippen molar-refractivity contribution in [1.29, 1.82) is 0 Å². The first-order chi connectivity index (χ1) is 9.33. The third-order valence-corrected chi connectivity index (χ3v) is 4.81. The number of aromatic nitrogens is 3. The van der Waals surface area contributed by atoms with Crippen LogP contribution in [0.1, 0.15) is 37.9 Å². The van der Waals surface area contributed by atoms with Crippen molar-refractivity contribution in [3.63, 3.8) is 0 Å². The predicted octanol–water partition coefficient (Wildman–Crippen LogP) is 2.40. The van der Waals surface area contributed by atoms with E-state index >= 15 is 0 Å². The molecule has 1 aromatic heterocycles. The van der Waals surface area contributed by atoms with Crippen LogP contribution in [0.25, 0.3) is 0 Å². The summed E-state index contributed by atoms with van der Waals surface area (Å²) in [5, 5.41) is 13.2. The molecule has 0 unspecified atom stereocenters. The van der Waals surface area contributed by atoms with Gasteiger partial charge in [0.1, 0.15) is 5.82 Å². The number of fused-ring (bicyclic) bond motifs is 1. The minimum Gasteiger partial charge on any atom is -0.310 e. The van der Waals surface area contributed by atoms with Crippen molar-refractivity contribution >= 4 is 11.8 Å². The minimum atomic E-state index is 0.756. The van der Waals surface area contributed by atoms with E-state index in [2.05, 4.69) is 26.7 Å². The van der Waals surface area contributed by atoms with Gasteiger partial charge in [0.15, 0.2) is 5.16 Å². The molecule has 1 aliphatic carbocycles. The smallest absolute Gasteiger partial charge is 0.191 e. The molecule has 2 heterocycles. The maximum absolute atomic E-state index is 4.33. The van der Waals surface area contributed by atoms with E-state index in [0.29, 0.717) is 0 Å². The van der Waals surface area contributed by atoms with Gasteiger partial charge < -0.3 is 9.88 Å². The summed E-state index contributed by atoms with van der Waals surface area (Å²) >= 11 is 1.78. The van der Waals surface area contributed by atoms with E-state index in [9.17, 15) is 0 Å². The Morgan fingerprint density at radius 3 is 3.05 bits per heavy atom. The zero-order valence-electron chi connectivity index (χ0n) is 11.4. The number of nitrogens with one attached hydrogen (secondary N) is 1. The van der Waals surface area contributed by atoms with Crippen molar-refractivity contribution in [2.24, 2.45) is 0 Å². The van der Waals surface area contributed by atoms with Crippen LogP contribution in [-0.2, 0) is 13.0 Å². The first-order valence-electron chi connectivity index (χ1n) is 7.28.